The molecule has 1 unspecified atom stereocenters. The van der Waals surface area contributed by atoms with Crippen molar-refractivity contribution in [2.45, 2.75) is 17.9 Å². The highest BCUT2D eigenvalue weighted by Gasteiger charge is 2.35. The molecular formula is C17H18N4O6S. The van der Waals surface area contributed by atoms with Crippen molar-refractivity contribution < 1.29 is 18.3 Å². The summed E-state index contributed by atoms with van der Waals surface area (Å²) in [5.41, 5.74) is -0.506. The maximum absolute atomic E-state index is 12.9. The molecule has 0 amide bonds. The third-order valence-corrected chi connectivity index (χ3v) is 6.65. The zero-order chi connectivity index (χ0) is 20.5. The van der Waals surface area contributed by atoms with E-state index in [1.165, 1.54) is 28.6 Å². The quantitative estimate of drug-likeness (QED) is 0.551. The Balaban J connectivity index is 1.87. The Morgan fingerprint density at radius 3 is 2.25 bits per heavy atom. The number of hydrogen-bond acceptors (Lipinski definition) is 7. The summed E-state index contributed by atoms with van der Waals surface area (Å²) in [4.78, 5) is 22.8. The van der Waals surface area contributed by atoms with E-state index < -0.39 is 25.9 Å². The van der Waals surface area contributed by atoms with E-state index in [0.717, 1.165) is 6.07 Å². The van der Waals surface area contributed by atoms with Crippen LogP contribution in [-0.2, 0) is 10.0 Å². The molecule has 1 fully saturated rings. The Morgan fingerprint density at radius 2 is 1.68 bits per heavy atom. The lowest BCUT2D eigenvalue weighted by molar-refractivity contribution is -0.393. The topological polar surface area (TPSA) is 127 Å². The minimum absolute atomic E-state index is 0.145. The lowest BCUT2D eigenvalue weighted by atomic mass is 10.1. The van der Waals surface area contributed by atoms with Crippen LogP contribution in [0.1, 0.15) is 6.92 Å². The van der Waals surface area contributed by atoms with Crippen molar-refractivity contribution in [1.82, 2.24) is 4.31 Å². The van der Waals surface area contributed by atoms with Crippen LogP contribution in [0.3, 0.4) is 0 Å². The first-order valence-electron chi connectivity index (χ1n) is 8.46. The molecule has 1 heterocycles. The summed E-state index contributed by atoms with van der Waals surface area (Å²) in [6.07, 6.45) is 0. The first kappa shape index (κ1) is 19.7. The van der Waals surface area contributed by atoms with Crippen LogP contribution < -0.4 is 4.90 Å². The number of anilines is 1. The van der Waals surface area contributed by atoms with Crippen LogP contribution in [0.2, 0.25) is 0 Å². The number of nitrogens with zero attached hydrogens (tertiary/aromatic N) is 4. The maximum Gasteiger partial charge on any atom is 0.299 e. The van der Waals surface area contributed by atoms with Crippen molar-refractivity contribution in [3.63, 3.8) is 0 Å². The summed E-state index contributed by atoms with van der Waals surface area (Å²) in [5, 5.41) is 22.3. The van der Waals surface area contributed by atoms with Gasteiger partial charge in [0.2, 0.25) is 10.0 Å². The molecule has 1 saturated heterocycles. The van der Waals surface area contributed by atoms with Gasteiger partial charge in [-0.3, -0.25) is 20.2 Å². The van der Waals surface area contributed by atoms with Gasteiger partial charge in [-0.2, -0.15) is 4.31 Å². The smallest absolute Gasteiger partial charge is 0.299 e. The van der Waals surface area contributed by atoms with Gasteiger partial charge in [0.25, 0.3) is 11.4 Å². The molecule has 0 radical (unpaired) electrons. The number of piperazine rings is 1. The van der Waals surface area contributed by atoms with Crippen molar-refractivity contribution in [3.05, 3.63) is 68.8 Å². The zero-order valence-electron chi connectivity index (χ0n) is 15.0. The van der Waals surface area contributed by atoms with Gasteiger partial charge in [-0.05, 0) is 25.1 Å². The standard InChI is InChI=1S/C17H18N4O6S/c1-13-12-18(16-8-7-14(20(22)23)11-17(16)21(24)25)9-10-19(13)28(26,27)15-5-3-2-4-6-15/h2-8,11,13H,9-10,12H2,1H3. The van der Waals surface area contributed by atoms with Crippen LogP contribution >= 0.6 is 0 Å². The molecule has 0 spiro atoms. The molecule has 11 heteroatoms. The highest BCUT2D eigenvalue weighted by molar-refractivity contribution is 7.89. The molecule has 1 aliphatic rings. The minimum atomic E-state index is -3.68. The fraction of sp³-hybridized carbons (Fsp3) is 0.294. The van der Waals surface area contributed by atoms with Gasteiger partial charge in [0.15, 0.2) is 0 Å². The zero-order valence-corrected chi connectivity index (χ0v) is 15.8. The number of nitro groups is 2. The Hall–Kier alpha value is -3.05. The molecule has 0 saturated carbocycles. The summed E-state index contributed by atoms with van der Waals surface area (Å²) >= 11 is 0. The lowest BCUT2D eigenvalue weighted by Gasteiger charge is -2.39. The van der Waals surface area contributed by atoms with Gasteiger partial charge in [-0.25, -0.2) is 8.42 Å². The van der Waals surface area contributed by atoms with Gasteiger partial charge in [0.05, 0.1) is 20.8 Å². The Kier molecular flexibility index (Phi) is 5.29. The van der Waals surface area contributed by atoms with Crippen LogP contribution in [0.15, 0.2) is 53.4 Å². The van der Waals surface area contributed by atoms with Crippen molar-refractivity contribution in [1.29, 1.82) is 0 Å². The molecule has 2 aromatic rings. The first-order chi connectivity index (χ1) is 13.2. The largest absolute Gasteiger partial charge is 0.363 e. The van der Waals surface area contributed by atoms with Gasteiger partial charge in [0.1, 0.15) is 5.69 Å². The molecule has 0 N–H and O–H groups in total. The fourth-order valence-corrected chi connectivity index (χ4v) is 4.92. The van der Waals surface area contributed by atoms with Crippen LogP contribution in [0.25, 0.3) is 0 Å². The summed E-state index contributed by atoms with van der Waals surface area (Å²) in [5.74, 6) is 0. The average molecular weight is 406 g/mol. The molecule has 0 aliphatic carbocycles. The van der Waals surface area contributed by atoms with Gasteiger partial charge in [-0.1, -0.05) is 18.2 Å². The molecule has 28 heavy (non-hydrogen) atoms. The van der Waals surface area contributed by atoms with Crippen molar-refractivity contribution >= 4 is 27.1 Å². The number of nitro benzene ring substituents is 2. The van der Waals surface area contributed by atoms with Crippen LogP contribution in [-0.4, -0.2) is 48.2 Å². The Morgan fingerprint density at radius 1 is 1.00 bits per heavy atom. The SMILES string of the molecule is CC1CN(c2ccc([N+](=O)[O-])cc2[N+](=O)[O-])CCN1S(=O)(=O)c1ccccc1. The molecule has 0 aromatic heterocycles. The van der Waals surface area contributed by atoms with E-state index in [1.54, 1.807) is 30.0 Å². The van der Waals surface area contributed by atoms with E-state index in [0.29, 0.717) is 0 Å². The van der Waals surface area contributed by atoms with E-state index in [9.17, 15) is 28.6 Å². The van der Waals surface area contributed by atoms with Crippen LogP contribution in [0, 0.1) is 20.2 Å². The molecular weight excluding hydrogens is 388 g/mol. The second-order valence-corrected chi connectivity index (χ2v) is 8.30. The van der Waals surface area contributed by atoms with Gasteiger partial charge < -0.3 is 4.90 Å². The fourth-order valence-electron chi connectivity index (χ4n) is 3.28. The summed E-state index contributed by atoms with van der Waals surface area (Å²) < 4.78 is 27.1. The maximum atomic E-state index is 12.9. The van der Waals surface area contributed by atoms with E-state index >= 15 is 0 Å². The average Bonchev–Trinajstić information content (AvgIpc) is 2.67. The molecule has 3 rings (SSSR count). The number of benzene rings is 2. The predicted molar refractivity (Wildman–Crippen MR) is 102 cm³/mol. The number of sulfonamides is 1. The summed E-state index contributed by atoms with van der Waals surface area (Å²) in [6.45, 7) is 2.33. The molecule has 1 aliphatic heterocycles. The Bertz CT molecular complexity index is 1010. The number of rotatable bonds is 5. The van der Waals surface area contributed by atoms with E-state index in [4.69, 9.17) is 0 Å². The monoisotopic (exact) mass is 406 g/mol. The summed E-state index contributed by atoms with van der Waals surface area (Å²) in [6, 6.07) is 11.1. The van der Waals surface area contributed by atoms with Gasteiger partial charge in [0, 0.05) is 31.7 Å². The van der Waals surface area contributed by atoms with E-state index in [-0.39, 0.29) is 41.6 Å². The molecule has 148 valence electrons. The van der Waals surface area contributed by atoms with Gasteiger partial charge >= 0.3 is 0 Å². The van der Waals surface area contributed by atoms with Gasteiger partial charge in [-0.15, -0.1) is 0 Å². The third-order valence-electron chi connectivity index (χ3n) is 4.62. The van der Waals surface area contributed by atoms with E-state index in [2.05, 4.69) is 0 Å². The van der Waals surface area contributed by atoms with Crippen molar-refractivity contribution in [2.75, 3.05) is 24.5 Å². The van der Waals surface area contributed by atoms with Crippen molar-refractivity contribution in [3.8, 4) is 0 Å². The molecule has 0 bridgehead atoms. The minimum Gasteiger partial charge on any atom is -0.363 e. The lowest BCUT2D eigenvalue weighted by Crippen LogP contribution is -2.54. The van der Waals surface area contributed by atoms with Crippen molar-refractivity contribution in [2.24, 2.45) is 0 Å². The Labute approximate surface area is 161 Å². The third kappa shape index (κ3) is 3.66. The highest BCUT2D eigenvalue weighted by Crippen LogP contribution is 2.34. The number of non-ortho nitro benzene ring substituents is 1. The van der Waals surface area contributed by atoms with Crippen LogP contribution in [0.5, 0.6) is 0 Å². The second-order valence-electron chi connectivity index (χ2n) is 6.41. The predicted octanol–water partition coefficient (Wildman–Crippen LogP) is 2.40. The van der Waals surface area contributed by atoms with Crippen LogP contribution in [0.4, 0.5) is 17.1 Å². The summed E-state index contributed by atoms with van der Waals surface area (Å²) in [7, 11) is -3.68. The first-order valence-corrected chi connectivity index (χ1v) is 9.90. The van der Waals surface area contributed by atoms with E-state index in [1.807, 2.05) is 0 Å². The normalized spacial score (nSPS) is 18.0. The molecule has 2 aromatic carbocycles. The second kappa shape index (κ2) is 7.52. The molecule has 1 atom stereocenters. The molecule has 10 nitrogen and oxygen atoms in total. The number of hydrogen-bond donors (Lipinski definition) is 0. The highest BCUT2D eigenvalue weighted by atomic mass is 32.2.